The number of piperazine rings is 1. The third-order valence-electron chi connectivity index (χ3n) is 4.69. The van der Waals surface area contributed by atoms with E-state index in [4.69, 9.17) is 0 Å². The van der Waals surface area contributed by atoms with Crippen molar-refractivity contribution in [2.24, 2.45) is 0 Å². The van der Waals surface area contributed by atoms with Crippen molar-refractivity contribution in [1.82, 2.24) is 4.90 Å². The van der Waals surface area contributed by atoms with Gasteiger partial charge in [-0.2, -0.15) is 0 Å². The molecule has 0 unspecified atom stereocenters. The van der Waals surface area contributed by atoms with Crippen molar-refractivity contribution in [2.45, 2.75) is 20.3 Å². The van der Waals surface area contributed by atoms with Crippen molar-refractivity contribution in [2.75, 3.05) is 31.1 Å². The van der Waals surface area contributed by atoms with E-state index in [0.29, 0.717) is 6.42 Å². The Morgan fingerprint density at radius 1 is 0.913 bits per heavy atom. The second-order valence-electron chi connectivity index (χ2n) is 6.30. The fourth-order valence-electron chi connectivity index (χ4n) is 3.02. The number of carbonyl (C=O) groups excluding carboxylic acids is 1. The Hall–Kier alpha value is -2.29. The van der Waals surface area contributed by atoms with E-state index < -0.39 is 0 Å². The molecule has 1 aliphatic rings. The molecule has 3 heteroatoms. The van der Waals surface area contributed by atoms with Crippen LogP contribution in [0.4, 0.5) is 5.69 Å². The SMILES string of the molecule is Cc1ccc(N2CCN(C(=O)Cc3ccccc3)CC2)cc1C. The van der Waals surface area contributed by atoms with Gasteiger partial charge in [0, 0.05) is 31.9 Å². The molecule has 1 fully saturated rings. The Kier molecular flexibility index (Phi) is 4.65. The maximum absolute atomic E-state index is 12.4. The van der Waals surface area contributed by atoms with Crippen LogP contribution in [0.25, 0.3) is 0 Å². The van der Waals surface area contributed by atoms with Gasteiger partial charge in [0.05, 0.1) is 6.42 Å². The van der Waals surface area contributed by atoms with Crippen LogP contribution >= 0.6 is 0 Å². The van der Waals surface area contributed by atoms with Gasteiger partial charge in [0.15, 0.2) is 0 Å². The Morgan fingerprint density at radius 3 is 2.26 bits per heavy atom. The first kappa shape index (κ1) is 15.6. The van der Waals surface area contributed by atoms with Gasteiger partial charge in [-0.1, -0.05) is 36.4 Å². The van der Waals surface area contributed by atoms with Gasteiger partial charge in [0.2, 0.25) is 5.91 Å². The van der Waals surface area contributed by atoms with E-state index in [-0.39, 0.29) is 5.91 Å². The minimum Gasteiger partial charge on any atom is -0.368 e. The average Bonchev–Trinajstić information content (AvgIpc) is 2.58. The maximum Gasteiger partial charge on any atom is 0.227 e. The van der Waals surface area contributed by atoms with E-state index in [9.17, 15) is 4.79 Å². The molecule has 23 heavy (non-hydrogen) atoms. The molecule has 2 aromatic carbocycles. The van der Waals surface area contributed by atoms with Crippen LogP contribution in [0.15, 0.2) is 48.5 Å². The third kappa shape index (κ3) is 3.73. The summed E-state index contributed by atoms with van der Waals surface area (Å²) in [4.78, 5) is 16.8. The van der Waals surface area contributed by atoms with Crippen molar-refractivity contribution in [1.29, 1.82) is 0 Å². The molecule has 0 aliphatic carbocycles. The highest BCUT2D eigenvalue weighted by atomic mass is 16.2. The summed E-state index contributed by atoms with van der Waals surface area (Å²) in [6, 6.07) is 16.6. The first-order valence-corrected chi connectivity index (χ1v) is 8.27. The van der Waals surface area contributed by atoms with Crippen molar-refractivity contribution in [3.63, 3.8) is 0 Å². The van der Waals surface area contributed by atoms with Crippen LogP contribution in [0, 0.1) is 13.8 Å². The zero-order chi connectivity index (χ0) is 16.2. The van der Waals surface area contributed by atoms with Gasteiger partial charge in [-0.15, -0.1) is 0 Å². The normalized spacial score (nSPS) is 14.9. The number of nitrogens with zero attached hydrogens (tertiary/aromatic N) is 2. The Bertz CT molecular complexity index is 673. The molecule has 0 aromatic heterocycles. The van der Waals surface area contributed by atoms with Crippen LogP contribution in [0.2, 0.25) is 0 Å². The standard InChI is InChI=1S/C20H24N2O/c1-16-8-9-19(14-17(16)2)21-10-12-22(13-11-21)20(23)15-18-6-4-3-5-7-18/h3-9,14H,10-13,15H2,1-2H3. The molecule has 1 amide bonds. The molecular formula is C20H24N2O. The van der Waals surface area contributed by atoms with Crippen molar-refractivity contribution in [3.8, 4) is 0 Å². The summed E-state index contributed by atoms with van der Waals surface area (Å²) in [5, 5.41) is 0. The molecule has 0 bridgehead atoms. The zero-order valence-corrected chi connectivity index (χ0v) is 14.0. The number of anilines is 1. The summed E-state index contributed by atoms with van der Waals surface area (Å²) in [6.07, 6.45) is 0.504. The van der Waals surface area contributed by atoms with Crippen LogP contribution in [-0.2, 0) is 11.2 Å². The lowest BCUT2D eigenvalue weighted by atomic mass is 10.1. The largest absolute Gasteiger partial charge is 0.368 e. The van der Waals surface area contributed by atoms with Gasteiger partial charge in [0.1, 0.15) is 0 Å². The number of rotatable bonds is 3. The molecule has 3 rings (SSSR count). The van der Waals surface area contributed by atoms with E-state index in [0.717, 1.165) is 31.7 Å². The Balaban J connectivity index is 1.57. The van der Waals surface area contributed by atoms with Gasteiger partial charge >= 0.3 is 0 Å². The number of carbonyl (C=O) groups is 1. The molecular weight excluding hydrogens is 284 g/mol. The summed E-state index contributed by atoms with van der Waals surface area (Å²) in [6.45, 7) is 7.71. The molecule has 0 N–H and O–H groups in total. The number of aryl methyl sites for hydroxylation is 2. The smallest absolute Gasteiger partial charge is 0.227 e. The summed E-state index contributed by atoms with van der Waals surface area (Å²) in [7, 11) is 0. The molecule has 1 aliphatic heterocycles. The number of amides is 1. The second-order valence-corrected chi connectivity index (χ2v) is 6.30. The first-order valence-electron chi connectivity index (χ1n) is 8.27. The lowest BCUT2D eigenvalue weighted by Gasteiger charge is -2.36. The molecule has 0 atom stereocenters. The topological polar surface area (TPSA) is 23.6 Å². The highest BCUT2D eigenvalue weighted by Gasteiger charge is 2.21. The summed E-state index contributed by atoms with van der Waals surface area (Å²) in [5.74, 6) is 0.232. The summed E-state index contributed by atoms with van der Waals surface area (Å²) >= 11 is 0. The number of hydrogen-bond donors (Lipinski definition) is 0. The highest BCUT2D eigenvalue weighted by molar-refractivity contribution is 5.79. The predicted molar refractivity (Wildman–Crippen MR) is 94.9 cm³/mol. The summed E-state index contributed by atoms with van der Waals surface area (Å²) in [5.41, 5.74) is 5.01. The minimum absolute atomic E-state index is 0.232. The Morgan fingerprint density at radius 2 is 1.61 bits per heavy atom. The highest BCUT2D eigenvalue weighted by Crippen LogP contribution is 2.20. The van der Waals surface area contributed by atoms with E-state index in [2.05, 4.69) is 36.9 Å². The third-order valence-corrected chi connectivity index (χ3v) is 4.69. The number of benzene rings is 2. The lowest BCUT2D eigenvalue weighted by molar-refractivity contribution is -0.130. The lowest BCUT2D eigenvalue weighted by Crippen LogP contribution is -2.49. The van der Waals surface area contributed by atoms with Gasteiger partial charge in [-0.05, 0) is 42.7 Å². The number of hydrogen-bond acceptors (Lipinski definition) is 2. The monoisotopic (exact) mass is 308 g/mol. The van der Waals surface area contributed by atoms with Crippen molar-refractivity contribution < 1.29 is 4.79 Å². The van der Waals surface area contributed by atoms with Gasteiger partial charge in [-0.25, -0.2) is 0 Å². The molecule has 120 valence electrons. The first-order chi connectivity index (χ1) is 11.1. The van der Waals surface area contributed by atoms with Crippen LogP contribution in [0.1, 0.15) is 16.7 Å². The van der Waals surface area contributed by atoms with E-state index in [1.165, 1.54) is 16.8 Å². The molecule has 3 nitrogen and oxygen atoms in total. The van der Waals surface area contributed by atoms with E-state index in [1.807, 2.05) is 35.2 Å². The zero-order valence-electron chi connectivity index (χ0n) is 14.0. The average molecular weight is 308 g/mol. The van der Waals surface area contributed by atoms with E-state index >= 15 is 0 Å². The quantitative estimate of drug-likeness (QED) is 0.869. The fraction of sp³-hybridized carbons (Fsp3) is 0.350. The molecule has 1 heterocycles. The molecule has 0 radical (unpaired) electrons. The van der Waals surface area contributed by atoms with Crippen molar-refractivity contribution >= 4 is 11.6 Å². The van der Waals surface area contributed by atoms with Gasteiger partial charge in [-0.3, -0.25) is 4.79 Å². The summed E-state index contributed by atoms with van der Waals surface area (Å²) < 4.78 is 0. The maximum atomic E-state index is 12.4. The molecule has 2 aromatic rings. The predicted octanol–water partition coefficient (Wildman–Crippen LogP) is 3.19. The molecule has 0 spiro atoms. The Labute approximate surface area is 138 Å². The van der Waals surface area contributed by atoms with Crippen LogP contribution < -0.4 is 4.90 Å². The van der Waals surface area contributed by atoms with Crippen LogP contribution in [0.3, 0.4) is 0 Å². The second kappa shape index (κ2) is 6.86. The minimum atomic E-state index is 0.232. The van der Waals surface area contributed by atoms with E-state index in [1.54, 1.807) is 0 Å². The van der Waals surface area contributed by atoms with Crippen LogP contribution in [-0.4, -0.2) is 37.0 Å². The molecule has 0 saturated carbocycles. The van der Waals surface area contributed by atoms with Gasteiger partial charge in [0.25, 0.3) is 0 Å². The van der Waals surface area contributed by atoms with Crippen molar-refractivity contribution in [3.05, 3.63) is 65.2 Å². The van der Waals surface area contributed by atoms with Crippen LogP contribution in [0.5, 0.6) is 0 Å². The fourth-order valence-corrected chi connectivity index (χ4v) is 3.02. The molecule has 1 saturated heterocycles. The van der Waals surface area contributed by atoms with Gasteiger partial charge < -0.3 is 9.80 Å².